The van der Waals surface area contributed by atoms with Gasteiger partial charge in [0.25, 0.3) is 0 Å². The second-order valence-electron chi connectivity index (χ2n) is 6.36. The summed E-state index contributed by atoms with van der Waals surface area (Å²) in [7, 11) is 0. The predicted molar refractivity (Wildman–Crippen MR) is 92.4 cm³/mol. The van der Waals surface area contributed by atoms with Gasteiger partial charge in [-0.25, -0.2) is 0 Å². The Morgan fingerprint density at radius 1 is 1.35 bits per heavy atom. The third kappa shape index (κ3) is 2.79. The van der Waals surface area contributed by atoms with Crippen LogP contribution < -0.4 is 10.2 Å². The Balaban J connectivity index is 1.92. The normalized spacial score (nSPS) is 30.6. The zero-order valence-electron chi connectivity index (χ0n) is 12.1. The molecule has 0 aromatic heterocycles. The summed E-state index contributed by atoms with van der Waals surface area (Å²) in [5.74, 6) is 0.855. The van der Waals surface area contributed by atoms with Crippen molar-refractivity contribution in [3.8, 4) is 0 Å². The van der Waals surface area contributed by atoms with E-state index >= 15 is 0 Å². The first kappa shape index (κ1) is 14.9. The number of nitrogens with one attached hydrogen (secondary N) is 1. The van der Waals surface area contributed by atoms with Gasteiger partial charge in [0.2, 0.25) is 0 Å². The van der Waals surface area contributed by atoms with Crippen molar-refractivity contribution in [1.82, 2.24) is 5.32 Å². The zero-order chi connectivity index (χ0) is 14.3. The van der Waals surface area contributed by atoms with Crippen molar-refractivity contribution in [2.24, 2.45) is 5.92 Å². The highest BCUT2D eigenvalue weighted by atomic mass is 79.9. The standard InChI is InChI=1S/C16H22Br2N2/c1-3-13-9-19-16(2,11-4-5-11)10-20(13)15-8-12(17)6-7-14(15)18/h6-8,11,13,19H,3-5,9-10H2,1-2H3. The molecular formula is C16H22Br2N2. The van der Waals surface area contributed by atoms with E-state index in [9.17, 15) is 0 Å². The van der Waals surface area contributed by atoms with Gasteiger partial charge in [-0.15, -0.1) is 0 Å². The fourth-order valence-corrected chi connectivity index (χ4v) is 4.17. The number of piperazine rings is 1. The Bertz CT molecular complexity index is 501. The second-order valence-corrected chi connectivity index (χ2v) is 8.13. The Hall–Kier alpha value is -0.0600. The average molecular weight is 402 g/mol. The molecule has 1 aliphatic carbocycles. The molecule has 2 aliphatic rings. The van der Waals surface area contributed by atoms with Crippen LogP contribution in [-0.4, -0.2) is 24.7 Å². The maximum atomic E-state index is 3.82. The minimum atomic E-state index is 0.271. The molecule has 2 unspecified atom stereocenters. The fraction of sp³-hybridized carbons (Fsp3) is 0.625. The molecule has 20 heavy (non-hydrogen) atoms. The number of anilines is 1. The van der Waals surface area contributed by atoms with Gasteiger partial charge < -0.3 is 10.2 Å². The SMILES string of the molecule is CCC1CNC(C)(C2CC2)CN1c1cc(Br)ccc1Br. The van der Waals surface area contributed by atoms with E-state index in [4.69, 9.17) is 0 Å². The molecular weight excluding hydrogens is 380 g/mol. The van der Waals surface area contributed by atoms with Gasteiger partial charge in [0.15, 0.2) is 0 Å². The van der Waals surface area contributed by atoms with Crippen LogP contribution in [0.15, 0.2) is 27.1 Å². The molecule has 0 amide bonds. The summed E-state index contributed by atoms with van der Waals surface area (Å²) in [5, 5.41) is 3.82. The molecule has 4 heteroatoms. The predicted octanol–water partition coefficient (Wildman–Crippen LogP) is 4.57. The van der Waals surface area contributed by atoms with E-state index in [1.165, 1.54) is 29.4 Å². The lowest BCUT2D eigenvalue weighted by Gasteiger charge is -2.48. The summed E-state index contributed by atoms with van der Waals surface area (Å²) < 4.78 is 2.34. The van der Waals surface area contributed by atoms with Crippen LogP contribution in [0, 0.1) is 5.92 Å². The molecule has 0 bridgehead atoms. The summed E-state index contributed by atoms with van der Waals surface area (Å²) in [4.78, 5) is 2.60. The molecule has 1 saturated carbocycles. The van der Waals surface area contributed by atoms with Crippen LogP contribution in [0.1, 0.15) is 33.1 Å². The van der Waals surface area contributed by atoms with E-state index in [1.807, 2.05) is 0 Å². The molecule has 1 N–H and O–H groups in total. The molecule has 1 aromatic carbocycles. The maximum Gasteiger partial charge on any atom is 0.0525 e. The van der Waals surface area contributed by atoms with Crippen LogP contribution in [0.3, 0.4) is 0 Å². The van der Waals surface area contributed by atoms with Crippen molar-refractivity contribution in [3.63, 3.8) is 0 Å². The van der Waals surface area contributed by atoms with Gasteiger partial charge in [-0.3, -0.25) is 0 Å². The average Bonchev–Trinajstić information content (AvgIpc) is 3.26. The van der Waals surface area contributed by atoms with Gasteiger partial charge in [0.05, 0.1) is 5.69 Å². The molecule has 110 valence electrons. The van der Waals surface area contributed by atoms with Crippen LogP contribution in [0.4, 0.5) is 5.69 Å². The molecule has 2 fully saturated rings. The topological polar surface area (TPSA) is 15.3 Å². The molecule has 1 aromatic rings. The minimum absolute atomic E-state index is 0.271. The van der Waals surface area contributed by atoms with Gasteiger partial charge in [-0.05, 0) is 66.2 Å². The monoisotopic (exact) mass is 400 g/mol. The molecule has 2 nitrogen and oxygen atoms in total. The molecule has 1 heterocycles. The first-order chi connectivity index (χ1) is 9.53. The van der Waals surface area contributed by atoms with Crippen molar-refractivity contribution in [1.29, 1.82) is 0 Å². The van der Waals surface area contributed by atoms with Crippen LogP contribution >= 0.6 is 31.9 Å². The van der Waals surface area contributed by atoms with E-state index < -0.39 is 0 Å². The summed E-state index contributed by atoms with van der Waals surface area (Å²) in [6.07, 6.45) is 3.94. The second kappa shape index (κ2) is 5.62. The van der Waals surface area contributed by atoms with Crippen LogP contribution in [0.2, 0.25) is 0 Å². The van der Waals surface area contributed by atoms with Crippen molar-refractivity contribution < 1.29 is 0 Å². The first-order valence-corrected chi connectivity index (χ1v) is 9.09. The molecule has 1 saturated heterocycles. The van der Waals surface area contributed by atoms with E-state index in [0.717, 1.165) is 23.5 Å². The van der Waals surface area contributed by atoms with Crippen LogP contribution in [-0.2, 0) is 0 Å². The number of rotatable bonds is 3. The molecule has 3 rings (SSSR count). The lowest BCUT2D eigenvalue weighted by Crippen LogP contribution is -2.64. The Morgan fingerprint density at radius 3 is 2.75 bits per heavy atom. The Kier molecular flexibility index (Phi) is 4.17. The lowest BCUT2D eigenvalue weighted by atomic mass is 9.90. The summed E-state index contributed by atoms with van der Waals surface area (Å²) in [6, 6.07) is 7.05. The van der Waals surface area contributed by atoms with E-state index in [2.05, 4.69) is 74.1 Å². The van der Waals surface area contributed by atoms with E-state index in [1.54, 1.807) is 0 Å². The van der Waals surface area contributed by atoms with Gasteiger partial charge in [0.1, 0.15) is 0 Å². The first-order valence-electron chi connectivity index (χ1n) is 7.50. The van der Waals surface area contributed by atoms with Crippen molar-refractivity contribution in [2.45, 2.75) is 44.7 Å². The van der Waals surface area contributed by atoms with Crippen molar-refractivity contribution in [3.05, 3.63) is 27.1 Å². The highest BCUT2D eigenvalue weighted by Gasteiger charge is 2.46. The van der Waals surface area contributed by atoms with Gasteiger partial charge in [-0.2, -0.15) is 0 Å². The van der Waals surface area contributed by atoms with Crippen LogP contribution in [0.25, 0.3) is 0 Å². The zero-order valence-corrected chi connectivity index (χ0v) is 15.3. The third-order valence-electron chi connectivity index (χ3n) is 4.85. The molecule has 0 spiro atoms. The van der Waals surface area contributed by atoms with Gasteiger partial charge in [0, 0.05) is 33.6 Å². The lowest BCUT2D eigenvalue weighted by molar-refractivity contribution is 0.252. The number of hydrogen-bond donors (Lipinski definition) is 1. The molecule has 0 radical (unpaired) electrons. The third-order valence-corrected chi connectivity index (χ3v) is 6.01. The van der Waals surface area contributed by atoms with Gasteiger partial charge in [-0.1, -0.05) is 22.9 Å². The van der Waals surface area contributed by atoms with Gasteiger partial charge >= 0.3 is 0 Å². The highest BCUT2D eigenvalue weighted by Crippen LogP contribution is 2.43. The number of nitrogens with zero attached hydrogens (tertiary/aromatic N) is 1. The highest BCUT2D eigenvalue weighted by molar-refractivity contribution is 9.11. The summed E-state index contributed by atoms with van der Waals surface area (Å²) >= 11 is 7.34. The molecule has 2 atom stereocenters. The number of halogens is 2. The quantitative estimate of drug-likeness (QED) is 0.797. The Labute approximate surface area is 138 Å². The largest absolute Gasteiger partial charge is 0.364 e. The van der Waals surface area contributed by atoms with Crippen LogP contribution in [0.5, 0.6) is 0 Å². The smallest absolute Gasteiger partial charge is 0.0525 e. The van der Waals surface area contributed by atoms with Crippen molar-refractivity contribution >= 4 is 37.5 Å². The molecule has 1 aliphatic heterocycles. The minimum Gasteiger partial charge on any atom is -0.364 e. The summed E-state index contributed by atoms with van der Waals surface area (Å²) in [5.41, 5.74) is 1.59. The Morgan fingerprint density at radius 2 is 2.10 bits per heavy atom. The number of hydrogen-bond acceptors (Lipinski definition) is 2. The van der Waals surface area contributed by atoms with Crippen molar-refractivity contribution in [2.75, 3.05) is 18.0 Å². The maximum absolute atomic E-state index is 3.82. The van der Waals surface area contributed by atoms with E-state index in [0.29, 0.717) is 6.04 Å². The number of benzene rings is 1. The summed E-state index contributed by atoms with van der Waals surface area (Å²) in [6.45, 7) is 6.87. The van der Waals surface area contributed by atoms with E-state index in [-0.39, 0.29) is 5.54 Å². The fourth-order valence-electron chi connectivity index (χ4n) is 3.35.